The molecular weight excluding hydrogens is 241 g/mol. The zero-order valence-corrected chi connectivity index (χ0v) is 9.83. The van der Waals surface area contributed by atoms with Crippen molar-refractivity contribution in [2.45, 2.75) is 24.4 Å². The third kappa shape index (κ3) is 4.61. The van der Waals surface area contributed by atoms with Gasteiger partial charge in [0.1, 0.15) is 0 Å². The van der Waals surface area contributed by atoms with Gasteiger partial charge in [0.05, 0.1) is 6.04 Å². The van der Waals surface area contributed by atoms with E-state index in [1.54, 1.807) is 0 Å². The molecule has 0 aromatic carbocycles. The smallest absolute Gasteiger partial charge is 0.354 e. The molecule has 0 unspecified atom stereocenters. The summed E-state index contributed by atoms with van der Waals surface area (Å²) in [4.78, 5) is 13.5. The average molecular weight is 256 g/mol. The van der Waals surface area contributed by atoms with Crippen LogP contribution in [0.2, 0.25) is 0 Å². The lowest BCUT2D eigenvalue weighted by Gasteiger charge is -2.18. The molecule has 16 heavy (non-hydrogen) atoms. The normalized spacial score (nSPS) is 22.4. The van der Waals surface area contributed by atoms with E-state index in [1.807, 2.05) is 11.9 Å². The van der Waals surface area contributed by atoms with E-state index in [1.165, 1.54) is 0 Å². The van der Waals surface area contributed by atoms with Crippen LogP contribution in [-0.4, -0.2) is 48.2 Å². The van der Waals surface area contributed by atoms with Gasteiger partial charge in [-0.15, -0.1) is 0 Å². The highest BCUT2D eigenvalue weighted by Gasteiger charge is 2.29. The first-order valence-corrected chi connectivity index (χ1v) is 6.07. The number of carbonyl (C=O) groups is 1. The van der Waals surface area contributed by atoms with Crippen LogP contribution in [0.5, 0.6) is 0 Å². The van der Waals surface area contributed by atoms with Gasteiger partial charge in [0.25, 0.3) is 0 Å². The Morgan fingerprint density at radius 3 is 2.75 bits per heavy atom. The van der Waals surface area contributed by atoms with Crippen molar-refractivity contribution in [2.24, 2.45) is 0 Å². The Morgan fingerprint density at radius 1 is 1.56 bits per heavy atom. The zero-order valence-electron chi connectivity index (χ0n) is 9.01. The van der Waals surface area contributed by atoms with Gasteiger partial charge in [0.2, 0.25) is 5.91 Å². The van der Waals surface area contributed by atoms with Gasteiger partial charge in [-0.3, -0.25) is 9.69 Å². The molecule has 1 aliphatic heterocycles. The summed E-state index contributed by atoms with van der Waals surface area (Å²) in [6, 6.07) is -0.170. The zero-order chi connectivity index (χ0) is 12.2. The number of thioether (sulfide) groups is 1. The Bertz CT molecular complexity index is 247. The number of alkyl halides is 3. The molecule has 1 atom stereocenters. The minimum absolute atomic E-state index is 0.0628. The van der Waals surface area contributed by atoms with Crippen molar-refractivity contribution in [2.75, 3.05) is 25.9 Å². The first-order valence-electron chi connectivity index (χ1n) is 5.09. The van der Waals surface area contributed by atoms with Crippen molar-refractivity contribution in [3.8, 4) is 0 Å². The molecule has 0 radical (unpaired) electrons. The Morgan fingerprint density at radius 2 is 2.25 bits per heavy atom. The van der Waals surface area contributed by atoms with Gasteiger partial charge in [-0.25, -0.2) is 0 Å². The molecule has 0 aliphatic carbocycles. The van der Waals surface area contributed by atoms with Crippen molar-refractivity contribution in [1.82, 2.24) is 10.2 Å². The molecule has 1 aliphatic rings. The second-order valence-electron chi connectivity index (χ2n) is 3.72. The fourth-order valence-corrected chi connectivity index (χ4v) is 2.14. The molecule has 94 valence electrons. The van der Waals surface area contributed by atoms with Crippen LogP contribution in [0.25, 0.3) is 0 Å². The number of rotatable bonds is 4. The summed E-state index contributed by atoms with van der Waals surface area (Å²) in [6.45, 7) is 0.933. The lowest BCUT2D eigenvalue weighted by atomic mass is 10.2. The van der Waals surface area contributed by atoms with Crippen molar-refractivity contribution in [3.05, 3.63) is 0 Å². The standard InChI is InChI=1S/C9H15F3N2OS/c1-14-5-2-3-7(14)8(15)13-4-6-16-9(10,11)12/h7H,2-6H2,1H3,(H,13,15)/t7-/m0/s1. The van der Waals surface area contributed by atoms with Crippen LogP contribution in [0, 0.1) is 0 Å². The van der Waals surface area contributed by atoms with Gasteiger partial charge >= 0.3 is 5.51 Å². The summed E-state index contributed by atoms with van der Waals surface area (Å²) >= 11 is -0.109. The minimum atomic E-state index is -4.21. The Hall–Kier alpha value is -0.430. The number of hydrogen-bond acceptors (Lipinski definition) is 3. The van der Waals surface area contributed by atoms with Crippen molar-refractivity contribution >= 4 is 17.7 Å². The SMILES string of the molecule is CN1CCC[C@H]1C(=O)NCCSC(F)(F)F. The second-order valence-corrected chi connectivity index (χ2v) is 4.88. The predicted molar refractivity (Wildman–Crippen MR) is 57.2 cm³/mol. The fourth-order valence-electron chi connectivity index (χ4n) is 1.70. The van der Waals surface area contributed by atoms with E-state index in [9.17, 15) is 18.0 Å². The van der Waals surface area contributed by atoms with Crippen molar-refractivity contribution < 1.29 is 18.0 Å². The van der Waals surface area contributed by atoms with E-state index < -0.39 is 5.51 Å². The minimum Gasteiger partial charge on any atom is -0.354 e. The highest BCUT2D eigenvalue weighted by molar-refractivity contribution is 8.00. The average Bonchev–Trinajstić information content (AvgIpc) is 2.57. The van der Waals surface area contributed by atoms with Gasteiger partial charge in [0, 0.05) is 12.3 Å². The maximum Gasteiger partial charge on any atom is 0.441 e. The van der Waals surface area contributed by atoms with Crippen molar-refractivity contribution in [3.63, 3.8) is 0 Å². The van der Waals surface area contributed by atoms with Crippen LogP contribution in [0.15, 0.2) is 0 Å². The van der Waals surface area contributed by atoms with Crippen LogP contribution in [0.4, 0.5) is 13.2 Å². The molecule has 1 heterocycles. The highest BCUT2D eigenvalue weighted by atomic mass is 32.2. The summed E-state index contributed by atoms with van der Waals surface area (Å²) in [5.74, 6) is -0.297. The summed E-state index contributed by atoms with van der Waals surface area (Å²) in [5.41, 5.74) is -4.21. The van der Waals surface area contributed by atoms with Crippen LogP contribution < -0.4 is 5.32 Å². The number of likely N-dealkylation sites (N-methyl/N-ethyl adjacent to an activating group) is 1. The van der Waals surface area contributed by atoms with Gasteiger partial charge in [0.15, 0.2) is 0 Å². The van der Waals surface area contributed by atoms with Gasteiger partial charge < -0.3 is 5.32 Å². The van der Waals surface area contributed by atoms with E-state index in [4.69, 9.17) is 0 Å². The maximum absolute atomic E-state index is 11.8. The molecule has 0 aromatic rings. The molecule has 1 saturated heterocycles. The molecule has 3 nitrogen and oxygen atoms in total. The Balaban J connectivity index is 2.15. The third-order valence-electron chi connectivity index (χ3n) is 2.49. The Kier molecular flexibility index (Phi) is 4.91. The molecule has 0 aromatic heterocycles. The van der Waals surface area contributed by atoms with Crippen LogP contribution in [-0.2, 0) is 4.79 Å². The lowest BCUT2D eigenvalue weighted by molar-refractivity contribution is -0.124. The molecule has 1 amide bonds. The van der Waals surface area contributed by atoms with Crippen LogP contribution >= 0.6 is 11.8 Å². The molecule has 1 fully saturated rings. The molecule has 0 saturated carbocycles. The van der Waals surface area contributed by atoms with E-state index in [0.29, 0.717) is 0 Å². The van der Waals surface area contributed by atoms with E-state index in [2.05, 4.69) is 5.32 Å². The van der Waals surface area contributed by atoms with Crippen LogP contribution in [0.3, 0.4) is 0 Å². The predicted octanol–water partition coefficient (Wildman–Crippen LogP) is 1.45. The fraction of sp³-hybridized carbons (Fsp3) is 0.889. The van der Waals surface area contributed by atoms with Gasteiger partial charge in [-0.05, 0) is 38.2 Å². The molecule has 1 rings (SSSR count). The van der Waals surface area contributed by atoms with E-state index in [-0.39, 0.29) is 36.0 Å². The number of amides is 1. The topological polar surface area (TPSA) is 32.3 Å². The number of likely N-dealkylation sites (tertiary alicyclic amines) is 1. The number of nitrogens with one attached hydrogen (secondary N) is 1. The molecule has 7 heteroatoms. The van der Waals surface area contributed by atoms with Crippen molar-refractivity contribution in [1.29, 1.82) is 0 Å². The monoisotopic (exact) mass is 256 g/mol. The maximum atomic E-state index is 11.8. The summed E-state index contributed by atoms with van der Waals surface area (Å²) in [7, 11) is 1.85. The number of hydrogen-bond donors (Lipinski definition) is 1. The first kappa shape index (κ1) is 13.6. The molecule has 0 bridgehead atoms. The first-order chi connectivity index (χ1) is 7.40. The highest BCUT2D eigenvalue weighted by Crippen LogP contribution is 2.29. The lowest BCUT2D eigenvalue weighted by Crippen LogP contribution is -2.42. The molecule has 0 spiro atoms. The third-order valence-corrected chi connectivity index (χ3v) is 3.23. The summed E-state index contributed by atoms with van der Waals surface area (Å²) in [5, 5.41) is 2.53. The second kappa shape index (κ2) is 5.77. The summed E-state index contributed by atoms with van der Waals surface area (Å²) in [6.07, 6.45) is 1.75. The Labute approximate surface area is 96.7 Å². The number of halogens is 3. The largest absolute Gasteiger partial charge is 0.441 e. The number of nitrogens with zero attached hydrogens (tertiary/aromatic N) is 1. The van der Waals surface area contributed by atoms with E-state index in [0.717, 1.165) is 19.4 Å². The molecule has 1 N–H and O–H groups in total. The van der Waals surface area contributed by atoms with Gasteiger partial charge in [-0.1, -0.05) is 0 Å². The van der Waals surface area contributed by atoms with Crippen LogP contribution in [0.1, 0.15) is 12.8 Å². The van der Waals surface area contributed by atoms with Gasteiger partial charge in [-0.2, -0.15) is 13.2 Å². The summed E-state index contributed by atoms with van der Waals surface area (Å²) < 4.78 is 35.4. The van der Waals surface area contributed by atoms with E-state index >= 15 is 0 Å². The molecular formula is C9H15F3N2OS. The quantitative estimate of drug-likeness (QED) is 0.773. The number of carbonyl (C=O) groups excluding carboxylic acids is 1.